The normalized spacial score (nSPS) is 22.2. The van der Waals surface area contributed by atoms with E-state index in [9.17, 15) is 13.2 Å². The van der Waals surface area contributed by atoms with Crippen molar-refractivity contribution in [2.45, 2.75) is 63.3 Å². The molecule has 0 aromatic heterocycles. The number of hydrogen-bond acceptors (Lipinski definition) is 4. The molecule has 2 aromatic carbocycles. The van der Waals surface area contributed by atoms with Crippen molar-refractivity contribution in [3.8, 4) is 5.75 Å². The Bertz CT molecular complexity index is 1180. The van der Waals surface area contributed by atoms with Gasteiger partial charge in [0.05, 0.1) is 27.8 Å². The maximum absolute atomic E-state index is 13.4. The molecule has 1 saturated heterocycles. The number of para-hydroxylation sites is 1. The predicted octanol–water partition coefficient (Wildman–Crippen LogP) is 5.73. The average Bonchev–Trinajstić information content (AvgIpc) is 2.86. The second-order valence-electron chi connectivity index (χ2n) is 9.50. The fourth-order valence-corrected chi connectivity index (χ4v) is 6.98. The highest BCUT2D eigenvalue weighted by Crippen LogP contribution is 2.42. The van der Waals surface area contributed by atoms with Gasteiger partial charge in [-0.05, 0) is 49.4 Å². The molecule has 0 unspecified atom stereocenters. The van der Waals surface area contributed by atoms with E-state index in [0.717, 1.165) is 24.2 Å². The molecular formula is C26H32Cl2N2O4S. The smallest absolute Gasteiger partial charge is 0.224 e. The molecule has 1 amide bonds. The summed E-state index contributed by atoms with van der Waals surface area (Å²) in [4.78, 5) is 13.4. The summed E-state index contributed by atoms with van der Waals surface area (Å²) in [6, 6.07) is 12.5. The van der Waals surface area contributed by atoms with Crippen LogP contribution in [-0.4, -0.2) is 37.3 Å². The lowest BCUT2D eigenvalue weighted by Gasteiger charge is -2.42. The van der Waals surface area contributed by atoms with Gasteiger partial charge in [-0.3, -0.25) is 4.79 Å². The van der Waals surface area contributed by atoms with Crippen LogP contribution in [-0.2, 0) is 20.6 Å². The molecule has 190 valence electrons. The van der Waals surface area contributed by atoms with Crippen molar-refractivity contribution in [1.29, 1.82) is 0 Å². The van der Waals surface area contributed by atoms with Gasteiger partial charge in [0.2, 0.25) is 15.9 Å². The number of sulfonamides is 1. The first-order valence-electron chi connectivity index (χ1n) is 12.2. The number of halogens is 2. The summed E-state index contributed by atoms with van der Waals surface area (Å²) >= 11 is 12.0. The quantitative estimate of drug-likeness (QED) is 0.488. The Balaban J connectivity index is 1.47. The van der Waals surface area contributed by atoms with E-state index in [-0.39, 0.29) is 29.8 Å². The highest BCUT2D eigenvalue weighted by Gasteiger charge is 2.40. The highest BCUT2D eigenvalue weighted by atomic mass is 35.5. The van der Waals surface area contributed by atoms with Gasteiger partial charge in [0.1, 0.15) is 11.4 Å². The molecule has 1 N–H and O–H groups in total. The SMILES string of the molecule is CCC1(CC)C[C@H](NC(=O)[C@H]2CCCN(S(=O)(=O)Cc3ccc(Cl)c(Cl)c3)C2)c2ccccc2O1. The van der Waals surface area contributed by atoms with Gasteiger partial charge in [0.25, 0.3) is 0 Å². The molecule has 1 fully saturated rings. The van der Waals surface area contributed by atoms with Crippen LogP contribution in [0.3, 0.4) is 0 Å². The molecule has 0 radical (unpaired) electrons. The number of nitrogens with one attached hydrogen (secondary N) is 1. The predicted molar refractivity (Wildman–Crippen MR) is 139 cm³/mol. The van der Waals surface area contributed by atoms with Crippen LogP contribution in [0, 0.1) is 5.92 Å². The third-order valence-electron chi connectivity index (χ3n) is 7.28. The first-order chi connectivity index (χ1) is 16.7. The third kappa shape index (κ3) is 5.79. The van der Waals surface area contributed by atoms with E-state index in [4.69, 9.17) is 27.9 Å². The third-order valence-corrected chi connectivity index (χ3v) is 9.84. The number of fused-ring (bicyclic) bond motifs is 1. The largest absolute Gasteiger partial charge is 0.487 e. The lowest BCUT2D eigenvalue weighted by molar-refractivity contribution is -0.127. The minimum Gasteiger partial charge on any atom is -0.487 e. The molecule has 2 heterocycles. The van der Waals surface area contributed by atoms with E-state index in [0.29, 0.717) is 41.4 Å². The zero-order valence-electron chi connectivity index (χ0n) is 20.1. The van der Waals surface area contributed by atoms with Crippen molar-refractivity contribution in [3.63, 3.8) is 0 Å². The minimum atomic E-state index is -3.61. The Morgan fingerprint density at radius 2 is 1.89 bits per heavy atom. The molecule has 0 saturated carbocycles. The van der Waals surface area contributed by atoms with Gasteiger partial charge in [0.15, 0.2) is 0 Å². The number of ether oxygens (including phenoxy) is 1. The van der Waals surface area contributed by atoms with E-state index >= 15 is 0 Å². The van der Waals surface area contributed by atoms with Gasteiger partial charge in [-0.25, -0.2) is 12.7 Å². The van der Waals surface area contributed by atoms with Crippen molar-refractivity contribution in [3.05, 3.63) is 63.6 Å². The number of nitrogens with zero attached hydrogens (tertiary/aromatic N) is 1. The zero-order chi connectivity index (χ0) is 25.2. The Morgan fingerprint density at radius 1 is 1.14 bits per heavy atom. The van der Waals surface area contributed by atoms with Crippen molar-refractivity contribution < 1.29 is 17.9 Å². The fourth-order valence-electron chi connectivity index (χ4n) is 5.06. The summed E-state index contributed by atoms with van der Waals surface area (Å²) in [6.45, 7) is 4.79. The second kappa shape index (κ2) is 10.7. The fraction of sp³-hybridized carbons (Fsp3) is 0.500. The van der Waals surface area contributed by atoms with Crippen molar-refractivity contribution in [2.24, 2.45) is 5.92 Å². The Labute approximate surface area is 218 Å². The lowest BCUT2D eigenvalue weighted by atomic mass is 9.83. The summed E-state index contributed by atoms with van der Waals surface area (Å²) in [7, 11) is -3.61. The Morgan fingerprint density at radius 3 is 2.60 bits per heavy atom. The van der Waals surface area contributed by atoms with Crippen LogP contribution in [0.25, 0.3) is 0 Å². The monoisotopic (exact) mass is 538 g/mol. The highest BCUT2D eigenvalue weighted by molar-refractivity contribution is 7.88. The van der Waals surface area contributed by atoms with Crippen LogP contribution in [0.2, 0.25) is 10.0 Å². The molecule has 2 atom stereocenters. The Kier molecular flexibility index (Phi) is 8.01. The lowest BCUT2D eigenvalue weighted by Crippen LogP contribution is -2.49. The molecular weight excluding hydrogens is 507 g/mol. The number of hydrogen-bond donors (Lipinski definition) is 1. The van der Waals surface area contributed by atoms with Gasteiger partial charge < -0.3 is 10.1 Å². The molecule has 2 aliphatic heterocycles. The molecule has 6 nitrogen and oxygen atoms in total. The molecule has 9 heteroatoms. The topological polar surface area (TPSA) is 75.7 Å². The summed E-state index contributed by atoms with van der Waals surface area (Å²) in [5.74, 6) is 0.116. The first kappa shape index (κ1) is 26.3. The van der Waals surface area contributed by atoms with Crippen LogP contribution < -0.4 is 10.1 Å². The van der Waals surface area contributed by atoms with Crippen LogP contribution in [0.4, 0.5) is 0 Å². The van der Waals surface area contributed by atoms with E-state index in [1.54, 1.807) is 18.2 Å². The van der Waals surface area contributed by atoms with Gasteiger partial charge >= 0.3 is 0 Å². The number of piperidine rings is 1. The minimum absolute atomic E-state index is 0.109. The maximum Gasteiger partial charge on any atom is 0.224 e. The Hall–Kier alpha value is -1.80. The number of carbonyl (C=O) groups is 1. The summed E-state index contributed by atoms with van der Waals surface area (Å²) in [6.07, 6.45) is 3.66. The van der Waals surface area contributed by atoms with E-state index in [2.05, 4.69) is 19.2 Å². The summed E-state index contributed by atoms with van der Waals surface area (Å²) in [5, 5.41) is 3.93. The van der Waals surface area contributed by atoms with Crippen molar-refractivity contribution in [2.75, 3.05) is 13.1 Å². The molecule has 2 aliphatic rings. The van der Waals surface area contributed by atoms with Crippen molar-refractivity contribution >= 4 is 39.1 Å². The molecule has 0 bridgehead atoms. The molecule has 0 aliphatic carbocycles. The zero-order valence-corrected chi connectivity index (χ0v) is 22.4. The number of carbonyl (C=O) groups excluding carboxylic acids is 1. The van der Waals surface area contributed by atoms with E-state index in [1.807, 2.05) is 24.3 Å². The average molecular weight is 540 g/mol. The van der Waals surface area contributed by atoms with Crippen molar-refractivity contribution in [1.82, 2.24) is 9.62 Å². The van der Waals surface area contributed by atoms with Gasteiger partial charge in [0, 0.05) is 25.1 Å². The van der Waals surface area contributed by atoms with E-state index < -0.39 is 15.9 Å². The van der Waals surface area contributed by atoms with Gasteiger partial charge in [-0.15, -0.1) is 0 Å². The van der Waals surface area contributed by atoms with E-state index in [1.165, 1.54) is 4.31 Å². The van der Waals surface area contributed by atoms with Crippen LogP contribution in [0.1, 0.15) is 63.1 Å². The summed E-state index contributed by atoms with van der Waals surface area (Å²) < 4.78 is 34.1. The molecule has 2 aromatic rings. The maximum atomic E-state index is 13.4. The standard InChI is InChI=1S/C26H32Cl2N2O4S/c1-3-26(4-2)15-23(20-9-5-6-10-24(20)34-26)29-25(31)19-8-7-13-30(16-19)35(32,33)17-18-11-12-21(27)22(28)14-18/h5-6,9-12,14,19,23H,3-4,7-8,13,15-17H2,1-2H3,(H,29,31)/t19-,23-/m0/s1. The van der Waals surface area contributed by atoms with Crippen LogP contribution >= 0.6 is 23.2 Å². The van der Waals surface area contributed by atoms with Gasteiger partial charge in [-0.1, -0.05) is 61.3 Å². The number of amides is 1. The molecule has 4 rings (SSSR count). The number of benzene rings is 2. The summed E-state index contributed by atoms with van der Waals surface area (Å²) in [5.41, 5.74) is 1.22. The number of rotatable bonds is 7. The molecule has 35 heavy (non-hydrogen) atoms. The second-order valence-corrected chi connectivity index (χ2v) is 12.3. The first-order valence-corrected chi connectivity index (χ1v) is 14.5. The molecule has 0 spiro atoms. The van der Waals surface area contributed by atoms with Crippen LogP contribution in [0.15, 0.2) is 42.5 Å². The van der Waals surface area contributed by atoms with Crippen LogP contribution in [0.5, 0.6) is 5.75 Å². The van der Waals surface area contributed by atoms with Gasteiger partial charge in [-0.2, -0.15) is 0 Å².